The number of rotatable bonds is 3. The van der Waals surface area contributed by atoms with Gasteiger partial charge in [-0.25, -0.2) is 4.68 Å². The number of carbonyl (C=O) groups excluding carboxylic acids is 1. The SMILES string of the molecule is COc1ccc2c(c1)OCc1c(C(=O)N3CCOCC3(C)C)nn(-c3ccsc3)c1-2. The molecule has 0 aliphatic carbocycles. The molecule has 1 fully saturated rings. The average molecular weight is 426 g/mol. The molecule has 0 saturated carbocycles. The van der Waals surface area contributed by atoms with Crippen molar-refractivity contribution in [3.05, 3.63) is 46.3 Å². The Morgan fingerprint density at radius 1 is 1.30 bits per heavy atom. The number of methoxy groups -OCH3 is 1. The summed E-state index contributed by atoms with van der Waals surface area (Å²) in [6.45, 7) is 5.90. The van der Waals surface area contributed by atoms with E-state index in [1.807, 2.05) is 58.5 Å². The van der Waals surface area contributed by atoms with Crippen LogP contribution < -0.4 is 9.47 Å². The molecule has 3 aromatic rings. The number of morpholine rings is 1. The number of fused-ring (bicyclic) bond motifs is 3. The van der Waals surface area contributed by atoms with Crippen LogP contribution in [0.1, 0.15) is 29.9 Å². The molecule has 1 saturated heterocycles. The topological polar surface area (TPSA) is 65.8 Å². The number of nitrogens with zero attached hydrogens (tertiary/aromatic N) is 3. The van der Waals surface area contributed by atoms with Crippen LogP contribution in [0.2, 0.25) is 0 Å². The van der Waals surface area contributed by atoms with Crippen molar-refractivity contribution in [2.24, 2.45) is 0 Å². The fraction of sp³-hybridized carbons (Fsp3) is 0.364. The van der Waals surface area contributed by atoms with Gasteiger partial charge in [0.05, 0.1) is 37.2 Å². The summed E-state index contributed by atoms with van der Waals surface area (Å²) in [4.78, 5) is 15.5. The van der Waals surface area contributed by atoms with Gasteiger partial charge in [0.2, 0.25) is 0 Å². The molecule has 0 spiro atoms. The number of amides is 1. The van der Waals surface area contributed by atoms with Crippen molar-refractivity contribution in [1.29, 1.82) is 0 Å². The molecule has 156 valence electrons. The maximum Gasteiger partial charge on any atom is 0.275 e. The minimum absolute atomic E-state index is 0.0888. The van der Waals surface area contributed by atoms with Crippen molar-refractivity contribution >= 4 is 17.2 Å². The minimum Gasteiger partial charge on any atom is -0.497 e. The third-order valence-corrected chi connectivity index (χ3v) is 6.31. The van der Waals surface area contributed by atoms with E-state index in [-0.39, 0.29) is 12.5 Å². The van der Waals surface area contributed by atoms with Crippen molar-refractivity contribution in [3.63, 3.8) is 0 Å². The number of thiophene rings is 1. The lowest BCUT2D eigenvalue weighted by Gasteiger charge is -2.41. The molecule has 0 bridgehead atoms. The number of hydrogen-bond donors (Lipinski definition) is 0. The van der Waals surface area contributed by atoms with Crippen LogP contribution in [0, 0.1) is 0 Å². The van der Waals surface area contributed by atoms with Gasteiger partial charge >= 0.3 is 0 Å². The molecule has 1 amide bonds. The van der Waals surface area contributed by atoms with Gasteiger partial charge in [0.1, 0.15) is 18.1 Å². The molecular formula is C22H23N3O4S. The summed E-state index contributed by atoms with van der Waals surface area (Å²) in [5, 5.41) is 8.83. The molecule has 0 unspecified atom stereocenters. The van der Waals surface area contributed by atoms with E-state index in [0.717, 1.165) is 34.0 Å². The lowest BCUT2D eigenvalue weighted by atomic mass is 9.99. The standard InChI is InChI=1S/C22H23N3O4S/c1-22(2)13-28-8-7-24(22)21(26)19-17-11-29-18-10-15(27-3)4-5-16(18)20(17)25(23-19)14-6-9-30-12-14/h4-6,9-10,12H,7-8,11,13H2,1-3H3. The molecule has 7 nitrogen and oxygen atoms in total. The summed E-state index contributed by atoms with van der Waals surface area (Å²) >= 11 is 1.59. The summed E-state index contributed by atoms with van der Waals surface area (Å²) in [7, 11) is 1.63. The number of hydrogen-bond acceptors (Lipinski definition) is 6. The minimum atomic E-state index is -0.394. The van der Waals surface area contributed by atoms with Gasteiger partial charge in [0, 0.05) is 29.1 Å². The summed E-state index contributed by atoms with van der Waals surface area (Å²) in [6, 6.07) is 7.73. The van der Waals surface area contributed by atoms with Crippen molar-refractivity contribution in [1.82, 2.24) is 14.7 Å². The molecule has 1 aromatic carbocycles. The molecule has 0 radical (unpaired) electrons. The monoisotopic (exact) mass is 425 g/mol. The zero-order chi connectivity index (χ0) is 20.9. The van der Waals surface area contributed by atoms with Gasteiger partial charge in [-0.1, -0.05) is 0 Å². The third-order valence-electron chi connectivity index (χ3n) is 5.64. The summed E-state index contributed by atoms with van der Waals surface area (Å²) in [5.41, 5.74) is 3.58. The number of aromatic nitrogens is 2. The predicted molar refractivity (Wildman–Crippen MR) is 114 cm³/mol. The largest absolute Gasteiger partial charge is 0.497 e. The van der Waals surface area contributed by atoms with Gasteiger partial charge < -0.3 is 19.1 Å². The second-order valence-corrected chi connectivity index (χ2v) is 8.82. The van der Waals surface area contributed by atoms with Crippen molar-refractivity contribution in [2.75, 3.05) is 26.9 Å². The number of ether oxygens (including phenoxy) is 3. The lowest BCUT2D eigenvalue weighted by molar-refractivity contribution is -0.0374. The Labute approximate surface area is 178 Å². The molecule has 0 N–H and O–H groups in total. The van der Waals surface area contributed by atoms with Crippen LogP contribution >= 0.6 is 11.3 Å². The van der Waals surface area contributed by atoms with E-state index in [1.165, 1.54) is 0 Å². The van der Waals surface area contributed by atoms with Gasteiger partial charge in [-0.2, -0.15) is 16.4 Å². The highest BCUT2D eigenvalue weighted by molar-refractivity contribution is 7.08. The molecule has 4 heterocycles. The summed E-state index contributed by atoms with van der Waals surface area (Å²) in [6.07, 6.45) is 0. The van der Waals surface area contributed by atoms with E-state index in [4.69, 9.17) is 19.3 Å². The quantitative estimate of drug-likeness (QED) is 0.639. The zero-order valence-electron chi connectivity index (χ0n) is 17.2. The van der Waals surface area contributed by atoms with Crippen LogP contribution in [-0.4, -0.2) is 53.0 Å². The highest BCUT2D eigenvalue weighted by atomic mass is 32.1. The number of carbonyl (C=O) groups is 1. The Hall–Kier alpha value is -2.84. The summed E-state index contributed by atoms with van der Waals surface area (Å²) in [5.74, 6) is 1.36. The first kappa shape index (κ1) is 19.1. The third kappa shape index (κ3) is 2.98. The fourth-order valence-corrected chi connectivity index (χ4v) is 4.67. The normalized spacial score (nSPS) is 17.1. The predicted octanol–water partition coefficient (Wildman–Crippen LogP) is 3.75. The Kier molecular flexibility index (Phi) is 4.56. The molecule has 2 aromatic heterocycles. The molecule has 8 heteroatoms. The van der Waals surface area contributed by atoms with Crippen LogP contribution in [0.15, 0.2) is 35.0 Å². The number of benzene rings is 1. The molecule has 2 aliphatic heterocycles. The Morgan fingerprint density at radius 2 is 2.17 bits per heavy atom. The maximum atomic E-state index is 13.6. The summed E-state index contributed by atoms with van der Waals surface area (Å²) < 4.78 is 18.8. The van der Waals surface area contributed by atoms with Gasteiger partial charge in [-0.05, 0) is 37.4 Å². The van der Waals surface area contributed by atoms with E-state index in [2.05, 4.69) is 0 Å². The lowest BCUT2D eigenvalue weighted by Crippen LogP contribution is -2.55. The van der Waals surface area contributed by atoms with E-state index in [9.17, 15) is 4.79 Å². The average Bonchev–Trinajstić information content (AvgIpc) is 3.40. The van der Waals surface area contributed by atoms with Crippen LogP contribution in [0.5, 0.6) is 11.5 Å². The Bertz CT molecular complexity index is 1100. The smallest absolute Gasteiger partial charge is 0.275 e. The first-order valence-electron chi connectivity index (χ1n) is 9.85. The highest BCUT2D eigenvalue weighted by Crippen LogP contribution is 2.42. The van der Waals surface area contributed by atoms with E-state index >= 15 is 0 Å². The van der Waals surface area contributed by atoms with Crippen LogP contribution in [-0.2, 0) is 11.3 Å². The Balaban J connectivity index is 1.67. The first-order valence-corrected chi connectivity index (χ1v) is 10.8. The zero-order valence-corrected chi connectivity index (χ0v) is 18.0. The van der Waals surface area contributed by atoms with Gasteiger partial charge in [0.25, 0.3) is 5.91 Å². The molecule has 5 rings (SSSR count). The van der Waals surface area contributed by atoms with E-state index in [1.54, 1.807) is 18.4 Å². The van der Waals surface area contributed by atoms with E-state index in [0.29, 0.717) is 25.5 Å². The first-order chi connectivity index (χ1) is 14.5. The van der Waals surface area contributed by atoms with Crippen LogP contribution in [0.4, 0.5) is 0 Å². The van der Waals surface area contributed by atoms with Gasteiger partial charge in [-0.15, -0.1) is 0 Å². The van der Waals surface area contributed by atoms with Crippen LogP contribution in [0.3, 0.4) is 0 Å². The second-order valence-electron chi connectivity index (χ2n) is 8.04. The second kappa shape index (κ2) is 7.14. The van der Waals surface area contributed by atoms with Crippen LogP contribution in [0.25, 0.3) is 16.9 Å². The Morgan fingerprint density at radius 3 is 2.90 bits per heavy atom. The van der Waals surface area contributed by atoms with Gasteiger partial charge in [0.15, 0.2) is 5.69 Å². The molecule has 30 heavy (non-hydrogen) atoms. The van der Waals surface area contributed by atoms with Crippen molar-refractivity contribution in [2.45, 2.75) is 26.0 Å². The fourth-order valence-electron chi connectivity index (χ4n) is 4.06. The molecule has 0 atom stereocenters. The van der Waals surface area contributed by atoms with E-state index < -0.39 is 5.54 Å². The van der Waals surface area contributed by atoms with Crippen molar-refractivity contribution in [3.8, 4) is 28.4 Å². The molecular weight excluding hydrogens is 402 g/mol. The molecule has 2 aliphatic rings. The maximum absolute atomic E-state index is 13.6. The van der Waals surface area contributed by atoms with Gasteiger partial charge in [-0.3, -0.25) is 4.79 Å². The van der Waals surface area contributed by atoms with Crippen molar-refractivity contribution < 1.29 is 19.0 Å². The highest BCUT2D eigenvalue weighted by Gasteiger charge is 2.39.